The fraction of sp³-hybridized carbons (Fsp3) is 0.214. The first kappa shape index (κ1) is 22.6. The van der Waals surface area contributed by atoms with Crippen LogP contribution in [-0.4, -0.2) is 11.2 Å². The van der Waals surface area contributed by atoms with Crippen LogP contribution >= 0.6 is 0 Å². The Morgan fingerprint density at radius 3 is 2.10 bits per heavy atom. The highest BCUT2D eigenvalue weighted by Crippen LogP contribution is 2.29. The van der Waals surface area contributed by atoms with Gasteiger partial charge in [-0.15, -0.1) is 6.58 Å². The van der Waals surface area contributed by atoms with E-state index in [0.717, 1.165) is 24.0 Å². The van der Waals surface area contributed by atoms with Gasteiger partial charge in [0.1, 0.15) is 0 Å². The van der Waals surface area contributed by atoms with E-state index in [2.05, 4.69) is 30.8 Å². The number of unbranched alkanes of at least 4 members (excludes halogenated alkanes) is 1. The maximum absolute atomic E-state index is 14.7. The SMILES string of the molecule is C=CCc1ccc(-c2ccc(-c3ccc(C=CCCCC(C)O)c(F)c3F)cc2)cc1. The normalized spacial score (nSPS) is 12.3. The summed E-state index contributed by atoms with van der Waals surface area (Å²) in [5.74, 6) is -1.68. The largest absolute Gasteiger partial charge is 0.393 e. The van der Waals surface area contributed by atoms with Crippen molar-refractivity contribution >= 4 is 6.08 Å². The molecule has 1 N–H and O–H groups in total. The summed E-state index contributed by atoms with van der Waals surface area (Å²) >= 11 is 0. The lowest BCUT2D eigenvalue weighted by Gasteiger charge is -2.09. The molecule has 0 spiro atoms. The second kappa shape index (κ2) is 10.8. The van der Waals surface area contributed by atoms with Crippen LogP contribution in [0.5, 0.6) is 0 Å². The summed E-state index contributed by atoms with van der Waals surface area (Å²) in [7, 11) is 0. The highest BCUT2D eigenvalue weighted by atomic mass is 19.2. The maximum atomic E-state index is 14.7. The van der Waals surface area contributed by atoms with E-state index < -0.39 is 11.6 Å². The van der Waals surface area contributed by atoms with E-state index in [-0.39, 0.29) is 17.2 Å². The Morgan fingerprint density at radius 1 is 0.871 bits per heavy atom. The molecule has 1 unspecified atom stereocenters. The Morgan fingerprint density at radius 2 is 1.48 bits per heavy atom. The zero-order valence-corrected chi connectivity index (χ0v) is 17.8. The summed E-state index contributed by atoms with van der Waals surface area (Å²) in [6.45, 7) is 5.49. The highest BCUT2D eigenvalue weighted by molar-refractivity contribution is 5.72. The first-order valence-corrected chi connectivity index (χ1v) is 10.6. The lowest BCUT2D eigenvalue weighted by molar-refractivity contribution is 0.182. The summed E-state index contributed by atoms with van der Waals surface area (Å²) in [5.41, 5.74) is 4.40. The van der Waals surface area contributed by atoms with Gasteiger partial charge in [-0.3, -0.25) is 0 Å². The number of aliphatic hydroxyl groups is 1. The molecular weight excluding hydrogens is 390 g/mol. The van der Waals surface area contributed by atoms with E-state index in [0.29, 0.717) is 18.4 Å². The number of hydrogen-bond donors (Lipinski definition) is 1. The van der Waals surface area contributed by atoms with E-state index >= 15 is 0 Å². The van der Waals surface area contributed by atoms with Crippen molar-refractivity contribution in [2.24, 2.45) is 0 Å². The molecule has 1 nitrogen and oxygen atoms in total. The molecule has 3 heteroatoms. The average Bonchev–Trinajstić information content (AvgIpc) is 2.77. The first-order valence-electron chi connectivity index (χ1n) is 10.6. The topological polar surface area (TPSA) is 20.2 Å². The van der Waals surface area contributed by atoms with Gasteiger partial charge >= 0.3 is 0 Å². The van der Waals surface area contributed by atoms with Gasteiger partial charge in [0.25, 0.3) is 0 Å². The zero-order valence-electron chi connectivity index (χ0n) is 17.8. The van der Waals surface area contributed by atoms with E-state index in [9.17, 15) is 13.9 Å². The molecule has 0 aliphatic carbocycles. The van der Waals surface area contributed by atoms with Crippen LogP contribution in [0.15, 0.2) is 79.4 Å². The predicted octanol–water partition coefficient (Wildman–Crippen LogP) is 7.59. The van der Waals surface area contributed by atoms with Crippen molar-refractivity contribution in [2.75, 3.05) is 0 Å². The fourth-order valence-electron chi connectivity index (χ4n) is 3.50. The van der Waals surface area contributed by atoms with Crippen molar-refractivity contribution in [1.29, 1.82) is 0 Å². The van der Waals surface area contributed by atoms with Crippen LogP contribution in [-0.2, 0) is 6.42 Å². The number of aliphatic hydroxyl groups excluding tert-OH is 1. The summed E-state index contributed by atoms with van der Waals surface area (Å²) in [6.07, 6.45) is 7.98. The molecule has 0 aliphatic rings. The molecule has 160 valence electrons. The lowest BCUT2D eigenvalue weighted by atomic mass is 9.98. The standard InChI is InChI=1S/C28H28F2O/c1-3-7-21-10-12-22(13-11-21)23-14-16-24(17-15-23)26-19-18-25(27(29)28(26)30)9-6-4-5-8-20(2)31/h3,6,9-20,31H,1,4-5,7-8H2,2H3. The van der Waals surface area contributed by atoms with Gasteiger partial charge in [-0.1, -0.05) is 78.9 Å². The van der Waals surface area contributed by atoms with Gasteiger partial charge < -0.3 is 5.11 Å². The van der Waals surface area contributed by atoms with Crippen LogP contribution in [0.2, 0.25) is 0 Å². The Labute approximate surface area is 183 Å². The number of hydrogen-bond acceptors (Lipinski definition) is 1. The van der Waals surface area contributed by atoms with Crippen LogP contribution in [0.1, 0.15) is 37.3 Å². The lowest BCUT2D eigenvalue weighted by Crippen LogP contribution is -1.97. The summed E-state index contributed by atoms with van der Waals surface area (Å²) in [6, 6.07) is 18.9. The van der Waals surface area contributed by atoms with Crippen LogP contribution in [0.4, 0.5) is 8.78 Å². The third-order valence-corrected chi connectivity index (χ3v) is 5.27. The highest BCUT2D eigenvalue weighted by Gasteiger charge is 2.13. The molecule has 0 bridgehead atoms. The van der Waals surface area contributed by atoms with Crippen molar-refractivity contribution < 1.29 is 13.9 Å². The number of allylic oxidation sites excluding steroid dienone is 2. The molecule has 0 saturated carbocycles. The predicted molar refractivity (Wildman–Crippen MR) is 126 cm³/mol. The van der Waals surface area contributed by atoms with Gasteiger partial charge in [0.15, 0.2) is 11.6 Å². The smallest absolute Gasteiger partial charge is 0.167 e. The monoisotopic (exact) mass is 418 g/mol. The van der Waals surface area contributed by atoms with E-state index in [4.69, 9.17) is 0 Å². The third kappa shape index (κ3) is 5.99. The van der Waals surface area contributed by atoms with Gasteiger partial charge in [-0.25, -0.2) is 8.78 Å². The second-order valence-corrected chi connectivity index (χ2v) is 7.78. The van der Waals surface area contributed by atoms with Crippen molar-refractivity contribution in [2.45, 2.75) is 38.7 Å². The Kier molecular flexibility index (Phi) is 7.91. The molecule has 31 heavy (non-hydrogen) atoms. The third-order valence-electron chi connectivity index (χ3n) is 5.27. The van der Waals surface area contributed by atoms with Crippen molar-refractivity contribution in [1.82, 2.24) is 0 Å². The molecule has 0 fully saturated rings. The molecular formula is C28H28F2O. The summed E-state index contributed by atoms with van der Waals surface area (Å²) in [4.78, 5) is 0. The van der Waals surface area contributed by atoms with Gasteiger partial charge in [-0.05, 0) is 54.9 Å². The average molecular weight is 419 g/mol. The number of halogens is 2. The van der Waals surface area contributed by atoms with Gasteiger partial charge in [0.2, 0.25) is 0 Å². The minimum Gasteiger partial charge on any atom is -0.393 e. The Balaban J connectivity index is 1.74. The minimum absolute atomic E-state index is 0.231. The van der Waals surface area contributed by atoms with Crippen molar-refractivity contribution in [3.05, 3.63) is 102 Å². The molecule has 0 heterocycles. The molecule has 3 aromatic carbocycles. The van der Waals surface area contributed by atoms with Gasteiger partial charge in [0.05, 0.1) is 6.10 Å². The molecule has 0 amide bonds. The van der Waals surface area contributed by atoms with Crippen LogP contribution in [0.25, 0.3) is 28.3 Å². The quantitative estimate of drug-likeness (QED) is 0.280. The zero-order chi connectivity index (χ0) is 22.2. The Bertz CT molecular complexity index is 1030. The maximum Gasteiger partial charge on any atom is 0.167 e. The molecule has 0 aliphatic heterocycles. The van der Waals surface area contributed by atoms with Crippen molar-refractivity contribution in [3.8, 4) is 22.3 Å². The number of rotatable bonds is 9. The van der Waals surface area contributed by atoms with Crippen molar-refractivity contribution in [3.63, 3.8) is 0 Å². The Hall–Kier alpha value is -3.04. The summed E-state index contributed by atoms with van der Waals surface area (Å²) in [5, 5.41) is 9.26. The molecule has 0 aromatic heterocycles. The van der Waals surface area contributed by atoms with Crippen LogP contribution < -0.4 is 0 Å². The van der Waals surface area contributed by atoms with E-state index in [1.54, 1.807) is 25.1 Å². The van der Waals surface area contributed by atoms with Crippen LogP contribution in [0, 0.1) is 11.6 Å². The van der Waals surface area contributed by atoms with E-state index in [1.165, 1.54) is 5.56 Å². The van der Waals surface area contributed by atoms with E-state index in [1.807, 2.05) is 36.4 Å². The van der Waals surface area contributed by atoms with Gasteiger partial charge in [-0.2, -0.15) is 0 Å². The van der Waals surface area contributed by atoms with Gasteiger partial charge in [0, 0.05) is 11.1 Å². The molecule has 0 radical (unpaired) electrons. The van der Waals surface area contributed by atoms with Crippen LogP contribution in [0.3, 0.4) is 0 Å². The second-order valence-electron chi connectivity index (χ2n) is 7.78. The molecule has 1 atom stereocenters. The fourth-order valence-corrected chi connectivity index (χ4v) is 3.50. The minimum atomic E-state index is -0.842. The summed E-state index contributed by atoms with van der Waals surface area (Å²) < 4.78 is 29.3. The molecule has 0 saturated heterocycles. The first-order chi connectivity index (χ1) is 15.0. The number of benzene rings is 3. The molecule has 3 rings (SSSR count). The molecule has 3 aromatic rings.